The summed E-state index contributed by atoms with van der Waals surface area (Å²) in [5.41, 5.74) is 0.558. The third-order valence-corrected chi connectivity index (χ3v) is 3.75. The SMILES string of the molecule is O=C([O-])c1cc2cc(OCCCN3CCCC3)cnc2[nH]1.[Li+]. The normalized spacial score (nSPS) is 14.9. The predicted molar refractivity (Wildman–Crippen MR) is 76.2 cm³/mol. The number of carbonyl (C=O) groups excluding carboxylic acids is 1. The molecule has 0 unspecified atom stereocenters. The molecule has 0 aliphatic carbocycles. The maximum Gasteiger partial charge on any atom is 1.00 e. The first kappa shape index (κ1) is 16.9. The Labute approximate surface area is 141 Å². The van der Waals surface area contributed by atoms with Crippen LogP contribution in [0.15, 0.2) is 18.3 Å². The molecule has 0 saturated carbocycles. The smallest absolute Gasteiger partial charge is 0.543 e. The Bertz CT molecular complexity index is 638. The summed E-state index contributed by atoms with van der Waals surface area (Å²) in [5, 5.41) is 11.5. The summed E-state index contributed by atoms with van der Waals surface area (Å²) in [6.07, 6.45) is 5.19. The largest absolute Gasteiger partial charge is 1.00 e. The number of nitrogens with one attached hydrogen (secondary N) is 1. The number of aromatic carboxylic acids is 1. The van der Waals surface area contributed by atoms with Crippen LogP contribution in [0.3, 0.4) is 0 Å². The molecule has 1 saturated heterocycles. The van der Waals surface area contributed by atoms with Crippen molar-refractivity contribution in [3.8, 4) is 5.75 Å². The molecule has 6 nitrogen and oxygen atoms in total. The zero-order chi connectivity index (χ0) is 14.7. The summed E-state index contributed by atoms with van der Waals surface area (Å²) in [6, 6.07) is 3.30. The van der Waals surface area contributed by atoms with Gasteiger partial charge < -0.3 is 24.5 Å². The molecule has 0 bridgehead atoms. The van der Waals surface area contributed by atoms with Gasteiger partial charge in [0.2, 0.25) is 0 Å². The third-order valence-electron chi connectivity index (χ3n) is 3.75. The number of H-pyrrole nitrogens is 1. The molecule has 22 heavy (non-hydrogen) atoms. The van der Waals surface area contributed by atoms with Crippen LogP contribution in [0.2, 0.25) is 0 Å². The molecule has 1 fully saturated rings. The van der Waals surface area contributed by atoms with Crippen molar-refractivity contribution in [3.05, 3.63) is 24.0 Å². The van der Waals surface area contributed by atoms with Crippen molar-refractivity contribution in [1.82, 2.24) is 14.9 Å². The maximum absolute atomic E-state index is 10.8. The van der Waals surface area contributed by atoms with Crippen molar-refractivity contribution in [1.29, 1.82) is 0 Å². The molecular weight excluding hydrogens is 277 g/mol. The molecule has 112 valence electrons. The van der Waals surface area contributed by atoms with Gasteiger partial charge in [-0.15, -0.1) is 0 Å². The number of hydrogen-bond acceptors (Lipinski definition) is 5. The number of hydrogen-bond donors (Lipinski definition) is 1. The standard InChI is InChI=1S/C15H19N3O3.Li/c19-15(20)13-9-11-8-12(10-16-14(11)17-13)21-7-3-6-18-4-1-2-5-18;/h8-10H,1-7H2,(H,16,17)(H,19,20);/q;+1/p-1. The van der Waals surface area contributed by atoms with Crippen LogP contribution >= 0.6 is 0 Å². The average Bonchev–Trinajstić information content (AvgIpc) is 3.12. The van der Waals surface area contributed by atoms with Gasteiger partial charge in [-0.2, -0.15) is 0 Å². The Balaban J connectivity index is 0.00000176. The van der Waals surface area contributed by atoms with Gasteiger partial charge in [0.05, 0.1) is 24.5 Å². The Morgan fingerprint density at radius 2 is 2.14 bits per heavy atom. The molecule has 0 radical (unpaired) electrons. The van der Waals surface area contributed by atoms with E-state index in [1.807, 2.05) is 0 Å². The van der Waals surface area contributed by atoms with Gasteiger partial charge in [0.15, 0.2) is 0 Å². The number of likely N-dealkylation sites (tertiary alicyclic amines) is 1. The van der Waals surface area contributed by atoms with Gasteiger partial charge in [-0.25, -0.2) is 4.98 Å². The summed E-state index contributed by atoms with van der Waals surface area (Å²) < 4.78 is 5.68. The van der Waals surface area contributed by atoms with E-state index >= 15 is 0 Å². The Morgan fingerprint density at radius 1 is 1.36 bits per heavy atom. The van der Waals surface area contributed by atoms with Crippen molar-refractivity contribution in [2.45, 2.75) is 19.3 Å². The van der Waals surface area contributed by atoms with Gasteiger partial charge in [-0.05, 0) is 44.5 Å². The number of carboxylic acid groups (broad SMARTS) is 1. The van der Waals surface area contributed by atoms with Gasteiger partial charge in [0, 0.05) is 11.9 Å². The molecule has 1 N–H and O–H groups in total. The monoisotopic (exact) mass is 295 g/mol. The van der Waals surface area contributed by atoms with Crippen LogP contribution in [0.25, 0.3) is 11.0 Å². The summed E-state index contributed by atoms with van der Waals surface area (Å²) in [4.78, 5) is 20.1. The number of fused-ring (bicyclic) bond motifs is 1. The van der Waals surface area contributed by atoms with Gasteiger partial charge >= 0.3 is 18.9 Å². The Kier molecular flexibility index (Phi) is 5.89. The van der Waals surface area contributed by atoms with Gasteiger partial charge in [-0.1, -0.05) is 0 Å². The quantitative estimate of drug-likeness (QED) is 0.483. The second-order valence-electron chi connectivity index (χ2n) is 5.33. The van der Waals surface area contributed by atoms with Crippen LogP contribution in [0, 0.1) is 0 Å². The minimum atomic E-state index is -1.24. The molecule has 1 aliphatic rings. The van der Waals surface area contributed by atoms with E-state index in [0.29, 0.717) is 23.4 Å². The van der Waals surface area contributed by atoms with Crippen LogP contribution in [-0.4, -0.2) is 47.1 Å². The number of ether oxygens (including phenoxy) is 1. The molecule has 0 atom stereocenters. The Hall–Kier alpha value is -1.48. The summed E-state index contributed by atoms with van der Waals surface area (Å²) >= 11 is 0. The van der Waals surface area contributed by atoms with E-state index in [2.05, 4.69) is 14.9 Å². The van der Waals surface area contributed by atoms with Gasteiger partial charge in [0.1, 0.15) is 11.4 Å². The number of carbonyl (C=O) groups is 1. The number of aromatic nitrogens is 2. The van der Waals surface area contributed by atoms with Crippen molar-refractivity contribution < 1.29 is 33.5 Å². The van der Waals surface area contributed by atoms with Crippen LogP contribution in [0.5, 0.6) is 5.75 Å². The van der Waals surface area contributed by atoms with Gasteiger partial charge in [0.25, 0.3) is 0 Å². The van der Waals surface area contributed by atoms with Crippen molar-refractivity contribution in [2.24, 2.45) is 0 Å². The first-order chi connectivity index (χ1) is 10.2. The minimum absolute atomic E-state index is 0. The predicted octanol–water partition coefficient (Wildman–Crippen LogP) is -2.20. The fraction of sp³-hybridized carbons (Fsp3) is 0.467. The summed E-state index contributed by atoms with van der Waals surface area (Å²) in [6.45, 7) is 4.10. The van der Waals surface area contributed by atoms with E-state index in [9.17, 15) is 9.90 Å². The molecular formula is C15H18LiN3O3. The molecule has 7 heteroatoms. The molecule has 3 rings (SSSR count). The van der Waals surface area contributed by atoms with Crippen molar-refractivity contribution >= 4 is 17.0 Å². The maximum atomic E-state index is 10.8. The number of aromatic amines is 1. The number of rotatable bonds is 6. The van der Waals surface area contributed by atoms with Crippen LogP contribution in [0.1, 0.15) is 29.8 Å². The molecule has 0 spiro atoms. The zero-order valence-corrected chi connectivity index (χ0v) is 12.8. The topological polar surface area (TPSA) is 81.3 Å². The zero-order valence-electron chi connectivity index (χ0n) is 12.8. The average molecular weight is 295 g/mol. The van der Waals surface area contributed by atoms with E-state index in [-0.39, 0.29) is 24.6 Å². The molecule has 3 heterocycles. The van der Waals surface area contributed by atoms with Gasteiger partial charge in [-0.3, -0.25) is 0 Å². The molecule has 0 amide bonds. The molecule has 1 aliphatic heterocycles. The van der Waals surface area contributed by atoms with Crippen molar-refractivity contribution in [3.63, 3.8) is 0 Å². The molecule has 2 aromatic heterocycles. The van der Waals surface area contributed by atoms with E-state index in [0.717, 1.165) is 13.0 Å². The fourth-order valence-electron chi connectivity index (χ4n) is 2.67. The molecule has 0 aromatic carbocycles. The first-order valence-corrected chi connectivity index (χ1v) is 7.27. The number of carboxylic acids is 1. The van der Waals surface area contributed by atoms with Crippen LogP contribution < -0.4 is 28.7 Å². The number of nitrogens with zero attached hydrogens (tertiary/aromatic N) is 2. The van der Waals surface area contributed by atoms with Crippen LogP contribution in [-0.2, 0) is 0 Å². The fourth-order valence-corrected chi connectivity index (χ4v) is 2.67. The second-order valence-corrected chi connectivity index (χ2v) is 5.33. The summed E-state index contributed by atoms with van der Waals surface area (Å²) in [7, 11) is 0. The van der Waals surface area contributed by atoms with Crippen LogP contribution in [0.4, 0.5) is 0 Å². The van der Waals surface area contributed by atoms with E-state index in [4.69, 9.17) is 4.74 Å². The van der Waals surface area contributed by atoms with E-state index < -0.39 is 5.97 Å². The second kappa shape index (κ2) is 7.68. The summed E-state index contributed by atoms with van der Waals surface area (Å²) in [5.74, 6) is -0.575. The van der Waals surface area contributed by atoms with Crippen molar-refractivity contribution in [2.75, 3.05) is 26.2 Å². The number of pyridine rings is 1. The van der Waals surface area contributed by atoms with E-state index in [1.165, 1.54) is 32.0 Å². The molecule has 2 aromatic rings. The van der Waals surface area contributed by atoms with E-state index in [1.54, 1.807) is 12.3 Å². The Morgan fingerprint density at radius 3 is 2.86 bits per heavy atom. The minimum Gasteiger partial charge on any atom is -0.543 e. The third kappa shape index (κ3) is 4.04. The first-order valence-electron chi connectivity index (χ1n) is 7.27.